The van der Waals surface area contributed by atoms with Crippen molar-refractivity contribution in [2.75, 3.05) is 6.54 Å². The number of carboxylic acids is 1. The van der Waals surface area contributed by atoms with Crippen molar-refractivity contribution in [3.63, 3.8) is 0 Å². The Hall–Kier alpha value is -1.11. The molecule has 1 aliphatic rings. The van der Waals surface area contributed by atoms with Crippen LogP contribution in [0.25, 0.3) is 0 Å². The normalized spacial score (nSPS) is 24.5. The van der Waals surface area contributed by atoms with Crippen molar-refractivity contribution in [3.8, 4) is 0 Å². The summed E-state index contributed by atoms with van der Waals surface area (Å²) in [5.41, 5.74) is 0. The third-order valence-electron chi connectivity index (χ3n) is 2.54. The fourth-order valence-corrected chi connectivity index (χ4v) is 2.88. The van der Waals surface area contributed by atoms with Gasteiger partial charge in [0, 0.05) is 6.54 Å². The molecular formula is C8H13NO5S. The highest BCUT2D eigenvalue weighted by molar-refractivity contribution is 7.94. The van der Waals surface area contributed by atoms with Crippen molar-refractivity contribution in [2.45, 2.75) is 25.5 Å². The number of hydrogen-bond donors (Lipinski definition) is 1. The zero-order valence-corrected chi connectivity index (χ0v) is 9.54. The molecule has 6 nitrogen and oxygen atoms in total. The lowest BCUT2D eigenvalue weighted by Gasteiger charge is -2.43. The van der Waals surface area contributed by atoms with E-state index in [-0.39, 0.29) is 6.54 Å². The van der Waals surface area contributed by atoms with Crippen LogP contribution < -0.4 is 0 Å². The Balaban J connectivity index is 2.85. The third kappa shape index (κ3) is 1.50. The van der Waals surface area contributed by atoms with Crippen molar-refractivity contribution in [1.82, 2.24) is 4.31 Å². The van der Waals surface area contributed by atoms with Crippen molar-refractivity contribution < 1.29 is 23.1 Å². The molecule has 1 unspecified atom stereocenters. The Morgan fingerprint density at radius 3 is 2.33 bits per heavy atom. The molecule has 0 aromatic carbocycles. The van der Waals surface area contributed by atoms with Crippen LogP contribution in [0.5, 0.6) is 0 Å². The van der Waals surface area contributed by atoms with Gasteiger partial charge in [-0.15, -0.1) is 0 Å². The first-order valence-corrected chi connectivity index (χ1v) is 5.86. The monoisotopic (exact) mass is 235 g/mol. The molecule has 7 heteroatoms. The Kier molecular flexibility index (Phi) is 2.55. The van der Waals surface area contributed by atoms with E-state index in [9.17, 15) is 18.0 Å². The number of nitrogens with zero attached hydrogens (tertiary/aromatic N) is 1. The molecule has 1 fully saturated rings. The average molecular weight is 235 g/mol. The second-order valence-corrected chi connectivity index (χ2v) is 6.50. The van der Waals surface area contributed by atoms with Crippen LogP contribution in [0, 0.1) is 5.92 Å². The van der Waals surface area contributed by atoms with Gasteiger partial charge in [0.05, 0.1) is 5.92 Å². The van der Waals surface area contributed by atoms with E-state index in [0.717, 1.165) is 0 Å². The van der Waals surface area contributed by atoms with E-state index in [2.05, 4.69) is 0 Å². The molecule has 1 aliphatic heterocycles. The Bertz CT molecular complexity index is 411. The standard InChI is InChI=1S/C8H13NO5S/c1-5(6(10)11)4-9-7(12)8(2,3)15(9,13)14/h5H,4H2,1-3H3,(H,10,11). The summed E-state index contributed by atoms with van der Waals surface area (Å²) in [6.07, 6.45) is 0. The molecule has 0 aromatic heterocycles. The maximum Gasteiger partial charge on any atom is 0.308 e. The van der Waals surface area contributed by atoms with Gasteiger partial charge in [-0.2, -0.15) is 0 Å². The van der Waals surface area contributed by atoms with E-state index >= 15 is 0 Å². The number of hydrogen-bond acceptors (Lipinski definition) is 4. The van der Waals surface area contributed by atoms with Crippen LogP contribution in [-0.2, 0) is 19.6 Å². The molecule has 0 radical (unpaired) electrons. The number of sulfonamides is 1. The Morgan fingerprint density at radius 2 is 2.00 bits per heavy atom. The van der Waals surface area contributed by atoms with Crippen LogP contribution in [0.2, 0.25) is 0 Å². The second kappa shape index (κ2) is 3.19. The van der Waals surface area contributed by atoms with E-state index in [1.807, 2.05) is 0 Å². The highest BCUT2D eigenvalue weighted by Crippen LogP contribution is 2.35. The fourth-order valence-electron chi connectivity index (χ4n) is 1.26. The molecular weight excluding hydrogens is 222 g/mol. The van der Waals surface area contributed by atoms with Gasteiger partial charge >= 0.3 is 5.97 Å². The van der Waals surface area contributed by atoms with Gasteiger partial charge in [0.2, 0.25) is 0 Å². The summed E-state index contributed by atoms with van der Waals surface area (Å²) in [5, 5.41) is 8.60. The van der Waals surface area contributed by atoms with E-state index in [0.29, 0.717) is 4.31 Å². The summed E-state index contributed by atoms with van der Waals surface area (Å²) >= 11 is 0. The maximum absolute atomic E-state index is 11.6. The highest BCUT2D eigenvalue weighted by atomic mass is 32.2. The zero-order chi connectivity index (χ0) is 12.0. The predicted octanol–water partition coefficient (Wildman–Crippen LogP) is -0.342. The van der Waals surface area contributed by atoms with Gasteiger partial charge in [-0.3, -0.25) is 9.59 Å². The van der Waals surface area contributed by atoms with Gasteiger partial charge in [0.25, 0.3) is 15.9 Å². The van der Waals surface area contributed by atoms with Crippen molar-refractivity contribution in [2.24, 2.45) is 5.92 Å². The SMILES string of the molecule is CC(CN1C(=O)C(C)(C)S1(=O)=O)C(=O)O. The summed E-state index contributed by atoms with van der Waals surface area (Å²) in [4.78, 5) is 21.9. The lowest BCUT2D eigenvalue weighted by molar-refractivity contribution is -0.142. The lowest BCUT2D eigenvalue weighted by atomic mass is 10.1. The van der Waals surface area contributed by atoms with E-state index in [1.165, 1.54) is 20.8 Å². The number of carbonyl (C=O) groups is 2. The van der Waals surface area contributed by atoms with Gasteiger partial charge in [0.1, 0.15) is 0 Å². The lowest BCUT2D eigenvalue weighted by Crippen LogP contribution is -2.68. The smallest absolute Gasteiger partial charge is 0.308 e. The zero-order valence-electron chi connectivity index (χ0n) is 8.72. The molecule has 0 aromatic rings. The summed E-state index contributed by atoms with van der Waals surface area (Å²) in [5.74, 6) is -2.56. The molecule has 1 heterocycles. The minimum absolute atomic E-state index is 0.292. The minimum atomic E-state index is -3.66. The van der Waals surface area contributed by atoms with E-state index in [4.69, 9.17) is 5.11 Å². The molecule has 1 saturated heterocycles. The van der Waals surface area contributed by atoms with Crippen LogP contribution in [0.4, 0.5) is 0 Å². The number of rotatable bonds is 3. The fraction of sp³-hybridized carbons (Fsp3) is 0.750. The maximum atomic E-state index is 11.6. The van der Waals surface area contributed by atoms with Gasteiger partial charge in [-0.25, -0.2) is 12.7 Å². The molecule has 1 N–H and O–H groups in total. The molecule has 1 amide bonds. The first-order valence-electron chi connectivity index (χ1n) is 4.42. The van der Waals surface area contributed by atoms with Crippen molar-refractivity contribution >= 4 is 21.9 Å². The number of carboxylic acid groups (broad SMARTS) is 1. The molecule has 86 valence electrons. The largest absolute Gasteiger partial charge is 0.481 e. The quantitative estimate of drug-likeness (QED) is 0.722. The summed E-state index contributed by atoms with van der Waals surface area (Å²) in [7, 11) is -3.66. The first-order chi connectivity index (χ1) is 6.62. The summed E-state index contributed by atoms with van der Waals surface area (Å²) in [6, 6.07) is 0. The van der Waals surface area contributed by atoms with E-state index in [1.54, 1.807) is 0 Å². The molecule has 0 aliphatic carbocycles. The number of aliphatic carboxylic acids is 1. The van der Waals surface area contributed by atoms with Gasteiger partial charge in [0.15, 0.2) is 4.75 Å². The Labute approximate surface area is 87.9 Å². The van der Waals surface area contributed by atoms with Crippen LogP contribution in [0.1, 0.15) is 20.8 Å². The van der Waals surface area contributed by atoms with Crippen molar-refractivity contribution in [3.05, 3.63) is 0 Å². The van der Waals surface area contributed by atoms with Gasteiger partial charge in [-0.05, 0) is 13.8 Å². The first kappa shape index (κ1) is 12.0. The molecule has 0 saturated carbocycles. The van der Waals surface area contributed by atoms with Gasteiger partial charge < -0.3 is 5.11 Å². The minimum Gasteiger partial charge on any atom is -0.481 e. The molecule has 15 heavy (non-hydrogen) atoms. The summed E-state index contributed by atoms with van der Waals surface area (Å²) in [6.45, 7) is 3.69. The predicted molar refractivity (Wildman–Crippen MR) is 51.5 cm³/mol. The van der Waals surface area contributed by atoms with Crippen LogP contribution in [0.15, 0.2) is 0 Å². The molecule has 0 bridgehead atoms. The van der Waals surface area contributed by atoms with E-state index < -0.39 is 32.6 Å². The molecule has 0 spiro atoms. The second-order valence-electron chi connectivity index (χ2n) is 4.09. The molecule has 1 rings (SSSR count). The number of carbonyl (C=O) groups excluding carboxylic acids is 1. The summed E-state index contributed by atoms with van der Waals surface area (Å²) < 4.78 is 22.3. The topological polar surface area (TPSA) is 91.8 Å². The number of amides is 1. The molecule has 1 atom stereocenters. The van der Waals surface area contributed by atoms with Crippen LogP contribution in [-0.4, -0.2) is 41.0 Å². The van der Waals surface area contributed by atoms with Crippen LogP contribution >= 0.6 is 0 Å². The van der Waals surface area contributed by atoms with Gasteiger partial charge in [-0.1, -0.05) is 6.92 Å². The highest BCUT2D eigenvalue weighted by Gasteiger charge is 2.60. The van der Waals surface area contributed by atoms with Crippen LogP contribution in [0.3, 0.4) is 0 Å². The van der Waals surface area contributed by atoms with Crippen molar-refractivity contribution in [1.29, 1.82) is 0 Å². The Morgan fingerprint density at radius 1 is 1.53 bits per heavy atom. The third-order valence-corrected chi connectivity index (χ3v) is 4.90. The average Bonchev–Trinajstić information content (AvgIpc) is 2.11.